The van der Waals surface area contributed by atoms with E-state index in [1.54, 1.807) is 19.9 Å². The number of ether oxygens (including phenoxy) is 9. The first-order valence-electron chi connectivity index (χ1n) is 29.6. The largest absolute Gasteiger partial charge is 0.479 e. The van der Waals surface area contributed by atoms with E-state index in [1.807, 2.05) is 6.92 Å². The average Bonchev–Trinajstić information content (AvgIpc) is 0.764. The van der Waals surface area contributed by atoms with E-state index in [9.17, 15) is 86.2 Å². The van der Waals surface area contributed by atoms with E-state index in [4.69, 9.17) is 42.6 Å². The Labute approximate surface area is 487 Å². The highest BCUT2D eigenvalue weighted by atomic mass is 16.8. The highest BCUT2D eigenvalue weighted by Crippen LogP contribution is 2.76. The molecule has 4 aliphatic heterocycles. The highest BCUT2D eigenvalue weighted by Gasteiger charge is 2.73. The lowest BCUT2D eigenvalue weighted by atomic mass is 9.33. The number of esters is 1. The van der Waals surface area contributed by atoms with Gasteiger partial charge in [-0.3, -0.25) is 0 Å². The van der Waals surface area contributed by atoms with Crippen molar-refractivity contribution in [3.8, 4) is 0 Å². The van der Waals surface area contributed by atoms with Gasteiger partial charge >= 0.3 is 11.9 Å². The second-order valence-electron chi connectivity index (χ2n) is 27.3. The molecule has 4 saturated carbocycles. The van der Waals surface area contributed by atoms with Gasteiger partial charge in [0.15, 0.2) is 31.3 Å². The van der Waals surface area contributed by atoms with Crippen LogP contribution >= 0.6 is 0 Å². The van der Waals surface area contributed by atoms with Gasteiger partial charge in [-0.25, -0.2) is 9.59 Å². The highest BCUT2D eigenvalue weighted by molar-refractivity contribution is 5.87. The molecule has 84 heavy (non-hydrogen) atoms. The van der Waals surface area contributed by atoms with Gasteiger partial charge in [-0.2, -0.15) is 0 Å². The molecular formula is C58H92O26. The Balaban J connectivity index is 1.05. The van der Waals surface area contributed by atoms with Gasteiger partial charge < -0.3 is 119 Å². The zero-order valence-corrected chi connectivity index (χ0v) is 49.0. The van der Waals surface area contributed by atoms with Crippen LogP contribution in [-0.2, 0) is 52.2 Å². The van der Waals surface area contributed by atoms with Crippen LogP contribution < -0.4 is 0 Å². The standard InChI is InChI=1S/C58H92O26/c1-9-24(2)48(75)79-34-18-53(3,4)16-26-25-10-11-31-54(5)14-13-33(55(6,22-61)30(54)12-15-56(31,7)57(25,8)17-32(64)58(26,34)23-62)80-52-46(84-50-41(71)39(69)37(67)29(20-60)78-50)43(42(72)44(82-52)47(73)74)81-51-45(35(65)27(63)21-76-51)83-49-40(70)38(68)36(66)28(19-59)77-49/h9-10,26-46,49-52,59-72H,11-23H2,1-8H3,(H,73,74)/b24-9+/t26-,27-,28+,29+,30+,31+,32+,33-,34-,35-,36+,37-,38-,39-,40+,41+,42-,43-,44-,45+,46+,49-,50-,51-,52+,54-,55-,56+,57+,58-/m0/s1. The van der Waals surface area contributed by atoms with Gasteiger partial charge in [-0.1, -0.05) is 59.3 Å². The molecule has 30 atom stereocenters. The van der Waals surface area contributed by atoms with Crippen molar-refractivity contribution in [1.29, 1.82) is 0 Å². The predicted octanol–water partition coefficient (Wildman–Crippen LogP) is -2.40. The number of carboxylic acids is 1. The summed E-state index contributed by atoms with van der Waals surface area (Å²) < 4.78 is 54.8. The van der Waals surface area contributed by atoms with E-state index in [0.717, 1.165) is 5.57 Å². The van der Waals surface area contributed by atoms with Crippen LogP contribution in [-0.4, -0.2) is 257 Å². The van der Waals surface area contributed by atoms with E-state index in [1.165, 1.54) is 0 Å². The number of carbonyl (C=O) groups is 2. The number of hydrogen-bond donors (Lipinski definition) is 15. The average molecular weight is 1210 g/mol. The van der Waals surface area contributed by atoms with Crippen LogP contribution in [0.1, 0.15) is 107 Å². The lowest BCUT2D eigenvalue weighted by Gasteiger charge is -2.72. The molecule has 0 radical (unpaired) electrons. The third kappa shape index (κ3) is 10.8. The zero-order valence-electron chi connectivity index (χ0n) is 49.0. The zero-order chi connectivity index (χ0) is 61.7. The number of aliphatic hydroxyl groups is 14. The Morgan fingerprint density at radius 2 is 1.23 bits per heavy atom. The summed E-state index contributed by atoms with van der Waals surface area (Å²) in [7, 11) is 0. The van der Waals surface area contributed by atoms with Gasteiger partial charge in [0.2, 0.25) is 0 Å². The number of carbonyl (C=O) groups excluding carboxylic acids is 1. The van der Waals surface area contributed by atoms with E-state index in [2.05, 4.69) is 40.7 Å². The van der Waals surface area contributed by atoms with Gasteiger partial charge in [0, 0.05) is 11.0 Å². The first-order valence-corrected chi connectivity index (χ1v) is 29.6. The molecule has 0 aromatic carbocycles. The van der Waals surface area contributed by atoms with Gasteiger partial charge in [0.1, 0.15) is 91.6 Å². The van der Waals surface area contributed by atoms with Crippen LogP contribution in [0.2, 0.25) is 0 Å². The molecule has 4 heterocycles. The number of fused-ring (bicyclic) bond motifs is 7. The first kappa shape index (κ1) is 66.0. The fourth-order valence-electron chi connectivity index (χ4n) is 17.1. The smallest absolute Gasteiger partial charge is 0.335 e. The van der Waals surface area contributed by atoms with E-state index < -0.39 is 207 Å². The molecule has 4 saturated heterocycles. The molecule has 0 unspecified atom stereocenters. The fourth-order valence-corrected chi connectivity index (χ4v) is 17.1. The summed E-state index contributed by atoms with van der Waals surface area (Å²) >= 11 is 0. The summed E-state index contributed by atoms with van der Waals surface area (Å²) in [6.45, 7) is 12.9. The van der Waals surface area contributed by atoms with Gasteiger partial charge in [0.25, 0.3) is 0 Å². The number of allylic oxidation sites excluding steroid dienone is 3. The molecule has 480 valence electrons. The summed E-state index contributed by atoms with van der Waals surface area (Å²) in [6, 6.07) is 0. The maximum Gasteiger partial charge on any atom is 0.335 e. The van der Waals surface area contributed by atoms with Gasteiger partial charge in [-0.15, -0.1) is 0 Å². The third-order valence-corrected chi connectivity index (χ3v) is 22.3. The van der Waals surface area contributed by atoms with Crippen molar-refractivity contribution in [1.82, 2.24) is 0 Å². The molecule has 26 nitrogen and oxygen atoms in total. The SMILES string of the molecule is C/C=C(\C)C(=O)O[C@H]1CC(C)(C)C[C@H]2C3=CC[C@@H]4[C@@]5(C)CC[C@H](O[C@@H]6O[C@H](C(=O)O)[C@@H](O)[C@H](O[C@@H]7OC[C@H](O)[C@H](O)[C@H]7O[C@@H]7O[C@H](CO)[C@@H](O)[C@H](O)[C@H]7O)[C@H]6O[C@@H]6O[C@H](CO)[C@H](O)[C@H](O)[C@H]6O)[C@@](C)(CO)[C@@H]5CC[C@@]4(C)[C@]3(C)C[C@@H](O)[C@@]12CO. The Kier molecular flexibility index (Phi) is 19.2. The Morgan fingerprint density at radius 1 is 0.631 bits per heavy atom. The molecule has 0 spiro atoms. The molecule has 26 heteroatoms. The summed E-state index contributed by atoms with van der Waals surface area (Å²) in [4.78, 5) is 26.6. The normalized spacial score (nSPS) is 52.2. The van der Waals surface area contributed by atoms with Crippen molar-refractivity contribution in [2.45, 2.75) is 242 Å². The van der Waals surface area contributed by atoms with Gasteiger partial charge in [0.05, 0.1) is 50.7 Å². The molecule has 5 aliphatic carbocycles. The van der Waals surface area contributed by atoms with Crippen LogP contribution in [0.15, 0.2) is 23.3 Å². The van der Waals surface area contributed by atoms with Gasteiger partial charge in [-0.05, 0) is 105 Å². The quantitative estimate of drug-likeness (QED) is 0.0352. The van der Waals surface area contributed by atoms with Crippen LogP contribution in [0.5, 0.6) is 0 Å². The van der Waals surface area contributed by atoms with Crippen LogP contribution in [0.25, 0.3) is 0 Å². The molecule has 0 aromatic rings. The van der Waals surface area contributed by atoms with Crippen LogP contribution in [0, 0.1) is 50.2 Å². The van der Waals surface area contributed by atoms with Crippen molar-refractivity contribution >= 4 is 11.9 Å². The number of carboxylic acid groups (broad SMARTS) is 1. The number of aliphatic carboxylic acids is 1. The maximum absolute atomic E-state index is 13.4. The molecule has 0 bridgehead atoms. The monoisotopic (exact) mass is 1200 g/mol. The molecule has 0 amide bonds. The number of aliphatic hydroxyl groups excluding tert-OH is 14. The summed E-state index contributed by atoms with van der Waals surface area (Å²) in [5.74, 6) is -2.94. The van der Waals surface area contributed by atoms with E-state index in [0.29, 0.717) is 44.1 Å². The molecule has 0 aromatic heterocycles. The predicted molar refractivity (Wildman–Crippen MR) is 285 cm³/mol. The fraction of sp³-hybridized carbons (Fsp3) is 0.897. The lowest BCUT2D eigenvalue weighted by molar-refractivity contribution is -0.401. The Hall–Kier alpha value is -2.46. The molecular weight excluding hydrogens is 1110 g/mol. The van der Waals surface area contributed by atoms with Crippen LogP contribution in [0.4, 0.5) is 0 Å². The summed E-state index contributed by atoms with van der Waals surface area (Å²) in [6.07, 6.45) is -32.0. The minimum atomic E-state index is -2.28. The second-order valence-corrected chi connectivity index (χ2v) is 27.3. The van der Waals surface area contributed by atoms with Crippen molar-refractivity contribution < 1.29 is 129 Å². The number of rotatable bonds is 15. The molecule has 8 fully saturated rings. The Morgan fingerprint density at radius 3 is 1.79 bits per heavy atom. The van der Waals surface area contributed by atoms with Crippen molar-refractivity contribution in [3.05, 3.63) is 23.3 Å². The molecule has 9 aliphatic rings. The molecule has 9 rings (SSSR count). The third-order valence-electron chi connectivity index (χ3n) is 22.3. The maximum atomic E-state index is 13.4. The molecule has 15 N–H and O–H groups in total. The van der Waals surface area contributed by atoms with E-state index >= 15 is 0 Å². The topological polar surface area (TPSA) is 421 Å². The second kappa shape index (κ2) is 24.4. The summed E-state index contributed by atoms with van der Waals surface area (Å²) in [5, 5.41) is 166. The lowest BCUT2D eigenvalue weighted by Crippen LogP contribution is -2.70. The van der Waals surface area contributed by atoms with Crippen LogP contribution in [0.3, 0.4) is 0 Å². The van der Waals surface area contributed by atoms with Crippen molar-refractivity contribution in [2.75, 3.05) is 33.0 Å². The number of hydrogen-bond acceptors (Lipinski definition) is 25. The van der Waals surface area contributed by atoms with Crippen molar-refractivity contribution in [3.63, 3.8) is 0 Å². The van der Waals surface area contributed by atoms with Crippen molar-refractivity contribution in [2.24, 2.45) is 50.2 Å². The summed E-state index contributed by atoms with van der Waals surface area (Å²) in [5.41, 5.74) is -2.72. The Bertz CT molecular complexity index is 2410. The minimum absolute atomic E-state index is 0.0549. The van der Waals surface area contributed by atoms with E-state index in [-0.39, 0.29) is 36.0 Å². The minimum Gasteiger partial charge on any atom is -0.479 e. The first-order chi connectivity index (χ1) is 39.4.